The van der Waals surface area contributed by atoms with Crippen LogP contribution in [0.4, 0.5) is 0 Å². The molecule has 0 spiro atoms. The molecule has 0 aliphatic heterocycles. The molecule has 0 radical (unpaired) electrons. The van der Waals surface area contributed by atoms with Crippen LogP contribution in [0.15, 0.2) is 12.3 Å². The molecule has 0 saturated carbocycles. The van der Waals surface area contributed by atoms with Crippen LogP contribution in [-0.4, -0.2) is 28.1 Å². The van der Waals surface area contributed by atoms with Crippen molar-refractivity contribution < 1.29 is 14.7 Å². The number of aliphatic carboxylic acids is 1. The van der Waals surface area contributed by atoms with Gasteiger partial charge in [0, 0.05) is 26.2 Å². The second-order valence-corrected chi connectivity index (χ2v) is 4.67. The molecule has 0 bridgehead atoms. The van der Waals surface area contributed by atoms with Crippen molar-refractivity contribution in [3.8, 4) is 0 Å². The third-order valence-electron chi connectivity index (χ3n) is 2.80. The minimum atomic E-state index is -0.849. The molecular weight excluding hydrogens is 256 g/mol. The first kappa shape index (κ1) is 14.6. The summed E-state index contributed by atoms with van der Waals surface area (Å²) in [7, 11) is 1.73. The summed E-state index contributed by atoms with van der Waals surface area (Å²) in [5, 5.41) is 11.9. The topological polar surface area (TPSA) is 71.3 Å². The highest BCUT2D eigenvalue weighted by atomic mass is 35.5. The molecule has 1 unspecified atom stereocenters. The predicted octanol–water partition coefficient (Wildman–Crippen LogP) is 1.91. The SMILES string of the molecule is CCC(CNC(=O)c1cc(Cl)cn1C)CC(=O)O. The van der Waals surface area contributed by atoms with Gasteiger partial charge in [0.05, 0.1) is 5.02 Å². The Balaban J connectivity index is 2.55. The monoisotopic (exact) mass is 272 g/mol. The average Bonchev–Trinajstić information content (AvgIpc) is 2.62. The molecule has 1 atom stereocenters. The van der Waals surface area contributed by atoms with Crippen molar-refractivity contribution in [2.45, 2.75) is 19.8 Å². The summed E-state index contributed by atoms with van der Waals surface area (Å²) >= 11 is 5.79. The van der Waals surface area contributed by atoms with Crippen molar-refractivity contribution in [3.63, 3.8) is 0 Å². The molecule has 18 heavy (non-hydrogen) atoms. The number of carboxylic acids is 1. The minimum Gasteiger partial charge on any atom is -0.481 e. The summed E-state index contributed by atoms with van der Waals surface area (Å²) in [5.41, 5.74) is 0.463. The van der Waals surface area contributed by atoms with Gasteiger partial charge in [0.1, 0.15) is 5.69 Å². The Labute approximate surface area is 111 Å². The van der Waals surface area contributed by atoms with Gasteiger partial charge >= 0.3 is 5.97 Å². The Hall–Kier alpha value is -1.49. The van der Waals surface area contributed by atoms with Gasteiger partial charge in [-0.2, -0.15) is 0 Å². The fourth-order valence-corrected chi connectivity index (χ4v) is 1.94. The largest absolute Gasteiger partial charge is 0.481 e. The minimum absolute atomic E-state index is 0.0535. The summed E-state index contributed by atoms with van der Waals surface area (Å²) in [6.07, 6.45) is 2.41. The molecule has 100 valence electrons. The molecule has 0 aromatic carbocycles. The number of amides is 1. The summed E-state index contributed by atoms with van der Waals surface area (Å²) in [4.78, 5) is 22.5. The number of nitrogens with zero attached hydrogens (tertiary/aromatic N) is 1. The molecule has 0 saturated heterocycles. The molecule has 1 aromatic heterocycles. The van der Waals surface area contributed by atoms with Gasteiger partial charge in [-0.05, 0) is 12.0 Å². The van der Waals surface area contributed by atoms with Crippen LogP contribution in [0.25, 0.3) is 0 Å². The summed E-state index contributed by atoms with van der Waals surface area (Å²) in [6, 6.07) is 1.58. The van der Waals surface area contributed by atoms with Crippen LogP contribution in [0.1, 0.15) is 30.3 Å². The zero-order chi connectivity index (χ0) is 13.7. The first-order valence-electron chi connectivity index (χ1n) is 5.75. The van der Waals surface area contributed by atoms with E-state index >= 15 is 0 Å². The lowest BCUT2D eigenvalue weighted by Gasteiger charge is -2.13. The number of hydrogen-bond donors (Lipinski definition) is 2. The van der Waals surface area contributed by atoms with E-state index in [-0.39, 0.29) is 18.2 Å². The number of carboxylic acid groups (broad SMARTS) is 1. The van der Waals surface area contributed by atoms with Crippen LogP contribution in [0.3, 0.4) is 0 Å². The number of aryl methyl sites for hydroxylation is 1. The van der Waals surface area contributed by atoms with Gasteiger partial charge in [-0.3, -0.25) is 9.59 Å². The zero-order valence-electron chi connectivity index (χ0n) is 10.4. The number of carbonyl (C=O) groups excluding carboxylic acids is 1. The highest BCUT2D eigenvalue weighted by molar-refractivity contribution is 6.31. The summed E-state index contributed by atoms with van der Waals surface area (Å²) in [5.74, 6) is -1.14. The van der Waals surface area contributed by atoms with E-state index in [0.29, 0.717) is 23.7 Å². The predicted molar refractivity (Wildman–Crippen MR) is 68.8 cm³/mol. The molecule has 2 N–H and O–H groups in total. The van der Waals surface area contributed by atoms with Crippen LogP contribution in [-0.2, 0) is 11.8 Å². The lowest BCUT2D eigenvalue weighted by atomic mass is 10.0. The van der Waals surface area contributed by atoms with Gasteiger partial charge in [0.25, 0.3) is 5.91 Å². The number of rotatable bonds is 6. The van der Waals surface area contributed by atoms with Crippen LogP contribution >= 0.6 is 11.6 Å². The van der Waals surface area contributed by atoms with Crippen LogP contribution < -0.4 is 5.32 Å². The molecule has 1 aromatic rings. The van der Waals surface area contributed by atoms with Gasteiger partial charge in [0.15, 0.2) is 0 Å². The number of halogens is 1. The van der Waals surface area contributed by atoms with Gasteiger partial charge in [0.2, 0.25) is 0 Å². The van der Waals surface area contributed by atoms with Gasteiger partial charge in [-0.1, -0.05) is 24.9 Å². The second kappa shape index (κ2) is 6.44. The summed E-state index contributed by atoms with van der Waals surface area (Å²) in [6.45, 7) is 2.25. The normalized spacial score (nSPS) is 12.2. The van der Waals surface area contributed by atoms with E-state index in [2.05, 4.69) is 5.32 Å². The standard InChI is InChI=1S/C12H17ClN2O3/c1-3-8(4-11(16)17)6-14-12(18)10-5-9(13)7-15(10)2/h5,7-8H,3-4,6H2,1-2H3,(H,14,18)(H,16,17). The fraction of sp³-hybridized carbons (Fsp3) is 0.500. The lowest BCUT2D eigenvalue weighted by Crippen LogP contribution is -2.31. The van der Waals surface area contributed by atoms with Crippen molar-refractivity contribution in [2.75, 3.05) is 6.54 Å². The number of nitrogens with one attached hydrogen (secondary N) is 1. The maximum Gasteiger partial charge on any atom is 0.303 e. The van der Waals surface area contributed by atoms with Crippen LogP contribution in [0.5, 0.6) is 0 Å². The third-order valence-corrected chi connectivity index (χ3v) is 3.00. The Kier molecular flexibility index (Phi) is 5.22. The molecule has 1 rings (SSSR count). The van der Waals surface area contributed by atoms with Gasteiger partial charge in [-0.25, -0.2) is 0 Å². The Morgan fingerprint density at radius 3 is 2.67 bits per heavy atom. The Morgan fingerprint density at radius 2 is 2.22 bits per heavy atom. The molecule has 0 fully saturated rings. The summed E-state index contributed by atoms with van der Waals surface area (Å²) < 4.78 is 1.63. The smallest absolute Gasteiger partial charge is 0.303 e. The zero-order valence-corrected chi connectivity index (χ0v) is 11.2. The highest BCUT2D eigenvalue weighted by Gasteiger charge is 2.15. The van der Waals surface area contributed by atoms with E-state index < -0.39 is 5.97 Å². The van der Waals surface area contributed by atoms with Gasteiger partial charge < -0.3 is 15.0 Å². The van der Waals surface area contributed by atoms with E-state index in [9.17, 15) is 9.59 Å². The second-order valence-electron chi connectivity index (χ2n) is 4.24. The third kappa shape index (κ3) is 4.07. The lowest BCUT2D eigenvalue weighted by molar-refractivity contribution is -0.138. The van der Waals surface area contributed by atoms with Crippen LogP contribution in [0.2, 0.25) is 5.02 Å². The van der Waals surface area contributed by atoms with E-state index in [1.54, 1.807) is 23.9 Å². The molecule has 6 heteroatoms. The maximum absolute atomic E-state index is 11.8. The molecule has 0 aliphatic carbocycles. The maximum atomic E-state index is 11.8. The first-order valence-corrected chi connectivity index (χ1v) is 6.13. The molecule has 0 aliphatic rings. The fourth-order valence-electron chi connectivity index (χ4n) is 1.69. The van der Waals surface area contributed by atoms with E-state index in [4.69, 9.17) is 16.7 Å². The average molecular weight is 273 g/mol. The molecule has 1 amide bonds. The van der Waals surface area contributed by atoms with E-state index in [1.165, 1.54) is 0 Å². The molecule has 5 nitrogen and oxygen atoms in total. The van der Waals surface area contributed by atoms with Crippen molar-refractivity contribution >= 4 is 23.5 Å². The van der Waals surface area contributed by atoms with Crippen molar-refractivity contribution in [1.82, 2.24) is 9.88 Å². The Bertz CT molecular complexity index is 443. The van der Waals surface area contributed by atoms with E-state index in [0.717, 1.165) is 0 Å². The highest BCUT2D eigenvalue weighted by Crippen LogP contribution is 2.13. The van der Waals surface area contributed by atoms with Crippen LogP contribution in [0, 0.1) is 5.92 Å². The Morgan fingerprint density at radius 1 is 1.56 bits per heavy atom. The van der Waals surface area contributed by atoms with Crippen molar-refractivity contribution in [1.29, 1.82) is 0 Å². The number of hydrogen-bond acceptors (Lipinski definition) is 2. The number of aromatic nitrogens is 1. The quantitative estimate of drug-likeness (QED) is 0.831. The molecular formula is C12H17ClN2O3. The first-order chi connectivity index (χ1) is 8.43. The van der Waals surface area contributed by atoms with E-state index in [1.807, 2.05) is 6.92 Å². The van der Waals surface area contributed by atoms with Crippen molar-refractivity contribution in [2.24, 2.45) is 13.0 Å². The van der Waals surface area contributed by atoms with Crippen molar-refractivity contribution in [3.05, 3.63) is 23.0 Å². The molecule has 1 heterocycles. The number of carbonyl (C=O) groups is 2. The van der Waals surface area contributed by atoms with Gasteiger partial charge in [-0.15, -0.1) is 0 Å².